The average molecular weight is 361 g/mol. The number of carboxylic acids is 1. The van der Waals surface area contributed by atoms with Crippen LogP contribution in [0.5, 0.6) is 0 Å². The van der Waals surface area contributed by atoms with Gasteiger partial charge in [0.05, 0.1) is 17.9 Å². The zero-order valence-electron chi connectivity index (χ0n) is 15.1. The summed E-state index contributed by atoms with van der Waals surface area (Å²) in [5.41, 5.74) is 3.44. The number of hydrogen-bond donors (Lipinski definition) is 1. The predicted molar refractivity (Wildman–Crippen MR) is 103 cm³/mol. The average Bonchev–Trinajstić information content (AvgIpc) is 3.31. The Morgan fingerprint density at radius 2 is 1.70 bits per heavy atom. The van der Waals surface area contributed by atoms with Gasteiger partial charge in [-0.25, -0.2) is 4.98 Å². The largest absolute Gasteiger partial charge is 0.481 e. The fourth-order valence-corrected chi connectivity index (χ4v) is 3.93. The van der Waals surface area contributed by atoms with Crippen molar-refractivity contribution in [3.8, 4) is 0 Å². The minimum absolute atomic E-state index is 0.0224. The third-order valence-corrected chi connectivity index (χ3v) is 5.32. The molecule has 2 heterocycles. The molecule has 0 unspecified atom stereocenters. The summed E-state index contributed by atoms with van der Waals surface area (Å²) in [6, 6.07) is 20.3. The first-order chi connectivity index (χ1) is 13.2. The molecule has 1 aromatic heterocycles. The smallest absolute Gasteiger partial charge is 0.308 e. The minimum atomic E-state index is -0.718. The summed E-state index contributed by atoms with van der Waals surface area (Å²) in [4.78, 5) is 18.3. The molecule has 0 bridgehead atoms. The number of aliphatic carboxylic acids is 1. The number of aromatic nitrogens is 2. The monoisotopic (exact) mass is 361 g/mol. The van der Waals surface area contributed by atoms with Gasteiger partial charge in [0.15, 0.2) is 0 Å². The van der Waals surface area contributed by atoms with Crippen molar-refractivity contribution in [3.05, 3.63) is 90.0 Å². The Hall–Kier alpha value is -2.92. The van der Waals surface area contributed by atoms with Crippen LogP contribution in [0.15, 0.2) is 73.2 Å². The fraction of sp³-hybridized carbons (Fsp3) is 0.273. The van der Waals surface area contributed by atoms with E-state index in [1.807, 2.05) is 61.1 Å². The highest BCUT2D eigenvalue weighted by atomic mass is 16.4. The first kappa shape index (κ1) is 17.5. The quantitative estimate of drug-likeness (QED) is 0.732. The van der Waals surface area contributed by atoms with Crippen molar-refractivity contribution in [2.45, 2.75) is 19.0 Å². The lowest BCUT2D eigenvalue weighted by molar-refractivity contribution is -0.141. The van der Waals surface area contributed by atoms with Crippen LogP contribution in [-0.2, 0) is 17.9 Å². The molecule has 0 aliphatic carbocycles. The van der Waals surface area contributed by atoms with Crippen LogP contribution in [0.3, 0.4) is 0 Å². The second-order valence-corrected chi connectivity index (χ2v) is 7.15. The molecule has 2 aromatic carbocycles. The molecule has 0 spiro atoms. The summed E-state index contributed by atoms with van der Waals surface area (Å²) in [5.74, 6) is -1.07. The van der Waals surface area contributed by atoms with Gasteiger partial charge in [-0.05, 0) is 11.1 Å². The van der Waals surface area contributed by atoms with Crippen LogP contribution < -0.4 is 0 Å². The van der Waals surface area contributed by atoms with E-state index in [9.17, 15) is 9.90 Å². The Kier molecular flexibility index (Phi) is 5.03. The van der Waals surface area contributed by atoms with E-state index in [4.69, 9.17) is 0 Å². The summed E-state index contributed by atoms with van der Waals surface area (Å²) in [6.45, 7) is 2.79. The molecule has 2 atom stereocenters. The molecule has 0 saturated carbocycles. The van der Waals surface area contributed by atoms with Crippen molar-refractivity contribution >= 4 is 5.97 Å². The molecule has 1 aliphatic heterocycles. The van der Waals surface area contributed by atoms with Crippen LogP contribution in [0, 0.1) is 5.92 Å². The van der Waals surface area contributed by atoms with Crippen molar-refractivity contribution in [2.75, 3.05) is 13.1 Å². The summed E-state index contributed by atoms with van der Waals surface area (Å²) in [7, 11) is 0. The van der Waals surface area contributed by atoms with Gasteiger partial charge in [-0.1, -0.05) is 60.7 Å². The third kappa shape index (κ3) is 3.93. The van der Waals surface area contributed by atoms with Crippen LogP contribution in [0.2, 0.25) is 0 Å². The molecule has 1 saturated heterocycles. The third-order valence-electron chi connectivity index (χ3n) is 5.32. The lowest BCUT2D eigenvalue weighted by Gasteiger charge is -2.17. The number of carbonyl (C=O) groups is 1. The van der Waals surface area contributed by atoms with Gasteiger partial charge in [0.1, 0.15) is 0 Å². The summed E-state index contributed by atoms with van der Waals surface area (Å²) in [5, 5.41) is 9.69. The molecular weight excluding hydrogens is 338 g/mol. The number of imidazole rings is 1. The van der Waals surface area contributed by atoms with Crippen molar-refractivity contribution < 1.29 is 9.90 Å². The van der Waals surface area contributed by atoms with E-state index >= 15 is 0 Å². The Balaban J connectivity index is 1.49. The molecule has 3 aromatic rings. The van der Waals surface area contributed by atoms with Crippen molar-refractivity contribution in [1.82, 2.24) is 14.5 Å². The Bertz CT molecular complexity index is 892. The highest BCUT2D eigenvalue weighted by molar-refractivity contribution is 5.72. The Labute approximate surface area is 158 Å². The van der Waals surface area contributed by atoms with Gasteiger partial charge in [0.25, 0.3) is 0 Å². The second kappa shape index (κ2) is 7.76. The number of nitrogens with zero attached hydrogens (tertiary/aromatic N) is 3. The van der Waals surface area contributed by atoms with E-state index < -0.39 is 5.97 Å². The Morgan fingerprint density at radius 3 is 2.41 bits per heavy atom. The summed E-state index contributed by atoms with van der Waals surface area (Å²) in [6.07, 6.45) is 3.73. The summed E-state index contributed by atoms with van der Waals surface area (Å²) >= 11 is 0. The maximum absolute atomic E-state index is 11.8. The highest BCUT2D eigenvalue weighted by Crippen LogP contribution is 2.33. The van der Waals surface area contributed by atoms with Gasteiger partial charge in [-0.15, -0.1) is 0 Å². The van der Waals surface area contributed by atoms with Gasteiger partial charge in [-0.2, -0.15) is 0 Å². The lowest BCUT2D eigenvalue weighted by Crippen LogP contribution is -2.24. The number of rotatable bonds is 6. The summed E-state index contributed by atoms with van der Waals surface area (Å²) < 4.78 is 2.14. The van der Waals surface area contributed by atoms with Gasteiger partial charge in [-0.3, -0.25) is 9.69 Å². The molecular formula is C22H23N3O2. The van der Waals surface area contributed by atoms with Gasteiger partial charge in [0, 0.05) is 38.3 Å². The normalized spacial score (nSPS) is 20.0. The molecule has 27 heavy (non-hydrogen) atoms. The SMILES string of the molecule is O=C(O)[C@@H]1CN(Cc2cncn2Cc2ccccc2)C[C@H]1c1ccccc1. The number of hydrogen-bond acceptors (Lipinski definition) is 3. The second-order valence-electron chi connectivity index (χ2n) is 7.15. The van der Waals surface area contributed by atoms with E-state index in [1.54, 1.807) is 0 Å². The predicted octanol–water partition coefficient (Wildman–Crippen LogP) is 3.23. The van der Waals surface area contributed by atoms with E-state index in [1.165, 1.54) is 5.56 Å². The van der Waals surface area contributed by atoms with E-state index in [-0.39, 0.29) is 11.8 Å². The van der Waals surface area contributed by atoms with Gasteiger partial charge in [0.2, 0.25) is 0 Å². The number of likely N-dealkylation sites (tertiary alicyclic amines) is 1. The molecule has 4 rings (SSSR count). The lowest BCUT2D eigenvalue weighted by atomic mass is 9.89. The number of carboxylic acid groups (broad SMARTS) is 1. The standard InChI is InChI=1S/C22H23N3O2/c26-22(27)21-15-24(14-20(21)18-9-5-2-6-10-18)13-19-11-23-16-25(19)12-17-7-3-1-4-8-17/h1-11,16,20-21H,12-15H2,(H,26,27)/t20-,21+/m0/s1. The first-order valence-corrected chi connectivity index (χ1v) is 9.24. The maximum Gasteiger partial charge on any atom is 0.308 e. The Morgan fingerprint density at radius 1 is 1.00 bits per heavy atom. The first-order valence-electron chi connectivity index (χ1n) is 9.24. The zero-order valence-corrected chi connectivity index (χ0v) is 15.1. The molecule has 1 N–H and O–H groups in total. The molecule has 0 radical (unpaired) electrons. The minimum Gasteiger partial charge on any atom is -0.481 e. The van der Waals surface area contributed by atoms with Gasteiger partial charge < -0.3 is 9.67 Å². The molecule has 5 nitrogen and oxygen atoms in total. The molecule has 1 fully saturated rings. The van der Waals surface area contributed by atoms with Crippen LogP contribution in [-0.4, -0.2) is 38.6 Å². The molecule has 5 heteroatoms. The molecule has 1 aliphatic rings. The van der Waals surface area contributed by atoms with E-state index in [0.29, 0.717) is 13.1 Å². The van der Waals surface area contributed by atoms with Crippen molar-refractivity contribution in [2.24, 2.45) is 5.92 Å². The zero-order chi connectivity index (χ0) is 18.6. The van der Waals surface area contributed by atoms with Gasteiger partial charge >= 0.3 is 5.97 Å². The van der Waals surface area contributed by atoms with E-state index in [0.717, 1.165) is 24.3 Å². The molecule has 138 valence electrons. The number of benzene rings is 2. The maximum atomic E-state index is 11.8. The molecule has 0 amide bonds. The van der Waals surface area contributed by atoms with Crippen LogP contribution >= 0.6 is 0 Å². The topological polar surface area (TPSA) is 58.4 Å². The van der Waals surface area contributed by atoms with Crippen LogP contribution in [0.25, 0.3) is 0 Å². The highest BCUT2D eigenvalue weighted by Gasteiger charge is 2.38. The van der Waals surface area contributed by atoms with Crippen LogP contribution in [0.4, 0.5) is 0 Å². The van der Waals surface area contributed by atoms with Crippen LogP contribution in [0.1, 0.15) is 22.7 Å². The van der Waals surface area contributed by atoms with Crippen molar-refractivity contribution in [1.29, 1.82) is 0 Å². The van der Waals surface area contributed by atoms with E-state index in [2.05, 4.69) is 26.6 Å². The van der Waals surface area contributed by atoms with Crippen molar-refractivity contribution in [3.63, 3.8) is 0 Å². The fourth-order valence-electron chi connectivity index (χ4n) is 3.93.